The number of hydrogen-bond acceptors (Lipinski definition) is 8. The molecule has 154 valence electrons. The molecule has 1 aliphatic rings. The predicted octanol–water partition coefficient (Wildman–Crippen LogP) is 4.18. The number of nitro benzene ring substituents is 1. The Bertz CT molecular complexity index is 1250. The second kappa shape index (κ2) is 7.65. The summed E-state index contributed by atoms with van der Waals surface area (Å²) in [4.78, 5) is 34.1. The predicted molar refractivity (Wildman–Crippen MR) is 114 cm³/mol. The van der Waals surface area contributed by atoms with Crippen LogP contribution in [0.1, 0.15) is 15.9 Å². The lowest BCUT2D eigenvalue weighted by atomic mass is 10.1. The average molecular weight is 434 g/mol. The maximum Gasteiger partial charge on any atom is 0.269 e. The van der Waals surface area contributed by atoms with Crippen molar-refractivity contribution < 1.29 is 19.2 Å². The maximum atomic E-state index is 13.4. The highest BCUT2D eigenvalue weighted by Crippen LogP contribution is 2.40. The minimum Gasteiger partial charge on any atom is -0.454 e. The summed E-state index contributed by atoms with van der Waals surface area (Å²) in [5.74, 6) is 0.936. The Labute approximate surface area is 179 Å². The van der Waals surface area contributed by atoms with Gasteiger partial charge in [-0.1, -0.05) is 17.4 Å². The van der Waals surface area contributed by atoms with E-state index in [1.807, 2.05) is 12.1 Å². The molecule has 10 heteroatoms. The first-order chi connectivity index (χ1) is 15.1. The summed E-state index contributed by atoms with van der Waals surface area (Å²) in [5, 5.41) is 11.4. The van der Waals surface area contributed by atoms with Gasteiger partial charge in [0.25, 0.3) is 11.6 Å². The number of non-ortho nitro benzene ring substituents is 1. The monoisotopic (exact) mass is 434 g/mol. The molecule has 4 aromatic rings. The highest BCUT2D eigenvalue weighted by molar-refractivity contribution is 7.22. The molecule has 1 aliphatic heterocycles. The van der Waals surface area contributed by atoms with Crippen molar-refractivity contribution in [3.63, 3.8) is 0 Å². The first-order valence-corrected chi connectivity index (χ1v) is 10.1. The van der Waals surface area contributed by atoms with E-state index in [4.69, 9.17) is 9.47 Å². The van der Waals surface area contributed by atoms with Crippen molar-refractivity contribution in [1.82, 2.24) is 9.97 Å². The minimum atomic E-state index is -0.501. The zero-order chi connectivity index (χ0) is 21.4. The van der Waals surface area contributed by atoms with Gasteiger partial charge in [0.05, 0.1) is 21.7 Å². The Kier molecular flexibility index (Phi) is 4.68. The van der Waals surface area contributed by atoms with E-state index in [0.717, 1.165) is 10.3 Å². The summed E-state index contributed by atoms with van der Waals surface area (Å²) in [6.45, 7) is 0.418. The molecule has 2 aromatic heterocycles. The van der Waals surface area contributed by atoms with Crippen LogP contribution in [-0.2, 0) is 6.54 Å². The van der Waals surface area contributed by atoms with Crippen molar-refractivity contribution in [3.05, 3.63) is 82.2 Å². The topological polar surface area (TPSA) is 108 Å². The number of ether oxygens (including phenoxy) is 2. The highest BCUT2D eigenvalue weighted by atomic mass is 32.1. The van der Waals surface area contributed by atoms with Gasteiger partial charge < -0.3 is 9.47 Å². The molecular formula is C21H14N4O5S. The van der Waals surface area contributed by atoms with Gasteiger partial charge in [-0.15, -0.1) is 0 Å². The molecule has 5 rings (SSSR count). The van der Waals surface area contributed by atoms with Gasteiger partial charge in [-0.05, 0) is 23.8 Å². The normalized spacial score (nSPS) is 12.1. The van der Waals surface area contributed by atoms with E-state index < -0.39 is 4.92 Å². The molecule has 0 spiro atoms. The Morgan fingerprint density at radius 1 is 1.16 bits per heavy atom. The number of nitro groups is 1. The largest absolute Gasteiger partial charge is 0.454 e. The van der Waals surface area contributed by atoms with Gasteiger partial charge in [0.2, 0.25) is 6.79 Å². The van der Waals surface area contributed by atoms with E-state index in [1.165, 1.54) is 40.5 Å². The smallest absolute Gasteiger partial charge is 0.269 e. The third-order valence-electron chi connectivity index (χ3n) is 4.74. The number of anilines is 1. The second-order valence-corrected chi connectivity index (χ2v) is 7.74. The molecule has 0 aliphatic carbocycles. The summed E-state index contributed by atoms with van der Waals surface area (Å²) in [5.41, 5.74) is 1.76. The van der Waals surface area contributed by atoms with E-state index in [2.05, 4.69) is 9.97 Å². The van der Waals surface area contributed by atoms with E-state index in [1.54, 1.807) is 24.5 Å². The van der Waals surface area contributed by atoms with Gasteiger partial charge >= 0.3 is 0 Å². The van der Waals surface area contributed by atoms with Gasteiger partial charge in [-0.3, -0.25) is 24.8 Å². The third kappa shape index (κ3) is 3.64. The fourth-order valence-electron chi connectivity index (χ4n) is 3.20. The number of pyridine rings is 1. The van der Waals surface area contributed by atoms with Gasteiger partial charge in [0, 0.05) is 42.2 Å². The number of thiazole rings is 1. The van der Waals surface area contributed by atoms with Crippen LogP contribution < -0.4 is 14.4 Å². The molecule has 0 N–H and O–H groups in total. The SMILES string of the molecule is O=C(c1ccc([N+](=O)[O-])cc1)N(Cc1cccnc1)c1nc2cc3c(cc2s1)OCO3. The lowest BCUT2D eigenvalue weighted by molar-refractivity contribution is -0.384. The number of nitrogens with zero attached hydrogens (tertiary/aromatic N) is 4. The van der Waals surface area contributed by atoms with Crippen molar-refractivity contribution in [1.29, 1.82) is 0 Å². The molecule has 9 nitrogen and oxygen atoms in total. The molecular weight excluding hydrogens is 420 g/mol. The Hall–Kier alpha value is -4.05. The highest BCUT2D eigenvalue weighted by Gasteiger charge is 2.24. The molecule has 0 saturated heterocycles. The van der Waals surface area contributed by atoms with Gasteiger partial charge in [-0.2, -0.15) is 0 Å². The molecule has 0 fully saturated rings. The van der Waals surface area contributed by atoms with Crippen LogP contribution in [0.3, 0.4) is 0 Å². The fraction of sp³-hybridized carbons (Fsp3) is 0.0952. The van der Waals surface area contributed by atoms with Crippen LogP contribution in [0, 0.1) is 10.1 Å². The molecule has 0 radical (unpaired) electrons. The zero-order valence-electron chi connectivity index (χ0n) is 15.9. The van der Waals surface area contributed by atoms with Crippen molar-refractivity contribution >= 4 is 38.3 Å². The number of carbonyl (C=O) groups is 1. The van der Waals surface area contributed by atoms with E-state index >= 15 is 0 Å². The number of carbonyl (C=O) groups excluding carboxylic acids is 1. The number of aromatic nitrogens is 2. The average Bonchev–Trinajstić information content (AvgIpc) is 3.41. The van der Waals surface area contributed by atoms with Gasteiger partial charge in [0.15, 0.2) is 16.6 Å². The second-order valence-electron chi connectivity index (χ2n) is 6.73. The third-order valence-corrected chi connectivity index (χ3v) is 5.78. The number of hydrogen-bond donors (Lipinski definition) is 0. The molecule has 1 amide bonds. The Balaban J connectivity index is 1.54. The number of rotatable bonds is 5. The summed E-state index contributed by atoms with van der Waals surface area (Å²) >= 11 is 1.35. The number of benzene rings is 2. The molecule has 31 heavy (non-hydrogen) atoms. The van der Waals surface area contributed by atoms with Crippen LogP contribution in [-0.4, -0.2) is 27.6 Å². The van der Waals surface area contributed by atoms with Crippen LogP contribution >= 0.6 is 11.3 Å². The quantitative estimate of drug-likeness (QED) is 0.343. The summed E-state index contributed by atoms with van der Waals surface area (Å²) in [7, 11) is 0. The van der Waals surface area contributed by atoms with Crippen molar-refractivity contribution in [2.24, 2.45) is 0 Å². The van der Waals surface area contributed by atoms with Crippen LogP contribution in [0.2, 0.25) is 0 Å². The summed E-state index contributed by atoms with van der Waals surface area (Å²) in [6, 6.07) is 12.8. The number of fused-ring (bicyclic) bond motifs is 2. The standard InChI is InChI=1S/C21H14N4O5S/c26-20(14-3-5-15(6-4-14)25(27)28)24(11-13-2-1-7-22-10-13)21-23-16-8-17-18(30-12-29-17)9-19(16)31-21/h1-10H,11-12H2. The van der Waals surface area contributed by atoms with E-state index in [9.17, 15) is 14.9 Å². The number of amides is 1. The molecule has 2 aromatic carbocycles. The van der Waals surface area contributed by atoms with Crippen molar-refractivity contribution in [2.45, 2.75) is 6.54 Å². The van der Waals surface area contributed by atoms with Crippen LogP contribution in [0.25, 0.3) is 10.2 Å². The van der Waals surface area contributed by atoms with Gasteiger partial charge in [-0.25, -0.2) is 4.98 Å². The van der Waals surface area contributed by atoms with Crippen LogP contribution in [0.4, 0.5) is 10.8 Å². The lowest BCUT2D eigenvalue weighted by Crippen LogP contribution is -2.30. The molecule has 0 bridgehead atoms. The van der Waals surface area contributed by atoms with E-state index in [0.29, 0.717) is 27.7 Å². The van der Waals surface area contributed by atoms with Gasteiger partial charge in [0.1, 0.15) is 0 Å². The summed E-state index contributed by atoms with van der Waals surface area (Å²) < 4.78 is 11.7. The Morgan fingerprint density at radius 2 is 1.94 bits per heavy atom. The molecule has 0 unspecified atom stereocenters. The minimum absolute atomic E-state index is 0.0788. The van der Waals surface area contributed by atoms with Crippen LogP contribution in [0.15, 0.2) is 60.9 Å². The van der Waals surface area contributed by atoms with Crippen molar-refractivity contribution in [2.75, 3.05) is 11.7 Å². The van der Waals surface area contributed by atoms with E-state index in [-0.39, 0.29) is 24.9 Å². The molecule has 0 saturated carbocycles. The first kappa shape index (κ1) is 18.9. The fourth-order valence-corrected chi connectivity index (χ4v) is 4.18. The summed E-state index contributed by atoms with van der Waals surface area (Å²) in [6.07, 6.45) is 3.34. The molecule has 0 atom stereocenters. The van der Waals surface area contributed by atoms with Crippen molar-refractivity contribution in [3.8, 4) is 11.5 Å². The molecule has 3 heterocycles. The van der Waals surface area contributed by atoms with Crippen LogP contribution in [0.5, 0.6) is 11.5 Å². The maximum absolute atomic E-state index is 13.4. The zero-order valence-corrected chi connectivity index (χ0v) is 16.7. The Morgan fingerprint density at radius 3 is 2.65 bits per heavy atom. The lowest BCUT2D eigenvalue weighted by Gasteiger charge is -2.20. The first-order valence-electron chi connectivity index (χ1n) is 9.24.